The van der Waals surface area contributed by atoms with E-state index in [0.29, 0.717) is 6.42 Å². The van der Waals surface area contributed by atoms with E-state index in [1.54, 1.807) is 6.92 Å². The third-order valence-corrected chi connectivity index (χ3v) is 6.48. The van der Waals surface area contributed by atoms with Crippen molar-refractivity contribution in [1.29, 1.82) is 0 Å². The first-order chi connectivity index (χ1) is 9.72. The highest BCUT2D eigenvalue weighted by Crippen LogP contribution is 2.26. The summed E-state index contributed by atoms with van der Waals surface area (Å²) in [4.78, 5) is 0. The van der Waals surface area contributed by atoms with Crippen LogP contribution >= 0.6 is 0 Å². The Labute approximate surface area is 130 Å². The molecular weight excluding hydrogens is 282 g/mol. The molecule has 0 fully saturated rings. The van der Waals surface area contributed by atoms with Crippen molar-refractivity contribution >= 4 is 9.84 Å². The van der Waals surface area contributed by atoms with Crippen LogP contribution < -0.4 is 5.32 Å². The van der Waals surface area contributed by atoms with Crippen LogP contribution in [0.1, 0.15) is 55.5 Å². The molecule has 0 aliphatic rings. The van der Waals surface area contributed by atoms with Crippen molar-refractivity contribution in [2.45, 2.75) is 59.3 Å². The maximum absolute atomic E-state index is 12.5. The van der Waals surface area contributed by atoms with Gasteiger partial charge < -0.3 is 5.32 Å². The van der Waals surface area contributed by atoms with Crippen LogP contribution in [0.5, 0.6) is 0 Å². The first-order valence-electron chi connectivity index (χ1n) is 7.75. The maximum Gasteiger partial charge on any atom is 0.154 e. The van der Waals surface area contributed by atoms with Gasteiger partial charge in [-0.15, -0.1) is 0 Å². The van der Waals surface area contributed by atoms with Crippen LogP contribution in [-0.2, 0) is 9.84 Å². The molecule has 0 amide bonds. The normalized spacial score (nSPS) is 15.0. The monoisotopic (exact) mass is 311 g/mol. The van der Waals surface area contributed by atoms with E-state index in [2.05, 4.69) is 38.2 Å². The van der Waals surface area contributed by atoms with Crippen LogP contribution in [0, 0.1) is 20.8 Å². The lowest BCUT2D eigenvalue weighted by Crippen LogP contribution is -2.33. The number of sulfone groups is 1. The van der Waals surface area contributed by atoms with Gasteiger partial charge in [0.25, 0.3) is 0 Å². The van der Waals surface area contributed by atoms with E-state index >= 15 is 0 Å². The van der Waals surface area contributed by atoms with Gasteiger partial charge >= 0.3 is 0 Å². The molecule has 1 rings (SSSR count). The molecule has 0 aromatic heterocycles. The quantitative estimate of drug-likeness (QED) is 0.838. The number of rotatable bonds is 7. The Morgan fingerprint density at radius 1 is 1.10 bits per heavy atom. The van der Waals surface area contributed by atoms with Gasteiger partial charge in [-0.2, -0.15) is 0 Å². The summed E-state index contributed by atoms with van der Waals surface area (Å²) in [5, 5.41) is 3.07. The van der Waals surface area contributed by atoms with Crippen molar-refractivity contribution < 1.29 is 8.42 Å². The molecule has 0 radical (unpaired) electrons. The predicted molar refractivity (Wildman–Crippen MR) is 90.6 cm³/mol. The second-order valence-electron chi connectivity index (χ2n) is 5.97. The SMILES string of the molecule is CCNC(CS(=O)(=O)C(C)CC)c1c(C)cc(C)cc1C. The smallest absolute Gasteiger partial charge is 0.154 e. The molecule has 0 bridgehead atoms. The lowest BCUT2D eigenvalue weighted by molar-refractivity contribution is 0.546. The molecule has 1 N–H and O–H groups in total. The van der Waals surface area contributed by atoms with Crippen molar-refractivity contribution in [2.24, 2.45) is 0 Å². The Morgan fingerprint density at radius 2 is 1.62 bits per heavy atom. The minimum absolute atomic E-state index is 0.130. The molecule has 0 heterocycles. The van der Waals surface area contributed by atoms with Crippen LogP contribution in [0.25, 0.3) is 0 Å². The van der Waals surface area contributed by atoms with E-state index in [1.165, 1.54) is 5.56 Å². The van der Waals surface area contributed by atoms with Crippen LogP contribution in [0.3, 0.4) is 0 Å². The Balaban J connectivity index is 3.20. The van der Waals surface area contributed by atoms with Gasteiger partial charge in [-0.3, -0.25) is 0 Å². The predicted octanol–water partition coefficient (Wildman–Crippen LogP) is 3.48. The van der Waals surface area contributed by atoms with Gasteiger partial charge in [0.2, 0.25) is 0 Å². The van der Waals surface area contributed by atoms with Gasteiger partial charge in [0.15, 0.2) is 9.84 Å². The summed E-state index contributed by atoms with van der Waals surface area (Å²) in [6.45, 7) is 12.7. The molecule has 1 aromatic carbocycles. The van der Waals surface area contributed by atoms with Gasteiger partial charge in [0, 0.05) is 6.04 Å². The summed E-state index contributed by atoms with van der Waals surface area (Å²) in [6, 6.07) is 4.13. The van der Waals surface area contributed by atoms with Gasteiger partial charge in [0.05, 0.1) is 11.0 Å². The van der Waals surface area contributed by atoms with E-state index in [4.69, 9.17) is 0 Å². The fourth-order valence-electron chi connectivity index (χ4n) is 2.88. The number of nitrogens with one attached hydrogen (secondary N) is 1. The average Bonchev–Trinajstić information content (AvgIpc) is 2.36. The molecule has 0 spiro atoms. The summed E-state index contributed by atoms with van der Waals surface area (Å²) < 4.78 is 24.9. The molecular formula is C17H29NO2S. The first-order valence-corrected chi connectivity index (χ1v) is 9.47. The van der Waals surface area contributed by atoms with Gasteiger partial charge in [0.1, 0.15) is 0 Å². The summed E-state index contributed by atoms with van der Waals surface area (Å²) in [7, 11) is -3.09. The van der Waals surface area contributed by atoms with Crippen molar-refractivity contribution in [2.75, 3.05) is 12.3 Å². The number of benzene rings is 1. The Morgan fingerprint density at radius 3 is 2.05 bits per heavy atom. The van der Waals surface area contributed by atoms with Gasteiger partial charge in [-0.25, -0.2) is 8.42 Å². The zero-order valence-corrected chi connectivity index (χ0v) is 15.0. The average molecular weight is 311 g/mol. The largest absolute Gasteiger partial charge is 0.309 e. The zero-order valence-electron chi connectivity index (χ0n) is 14.2. The van der Waals surface area contributed by atoms with Crippen LogP contribution in [-0.4, -0.2) is 26.0 Å². The maximum atomic E-state index is 12.5. The zero-order chi connectivity index (χ0) is 16.2. The molecule has 2 unspecified atom stereocenters. The Kier molecular flexibility index (Phi) is 6.41. The Hall–Kier alpha value is -0.870. The highest BCUT2D eigenvalue weighted by molar-refractivity contribution is 7.92. The van der Waals surface area contributed by atoms with Gasteiger partial charge in [-0.05, 0) is 57.4 Å². The standard InChI is InChI=1S/C17H29NO2S/c1-7-15(6)21(19,20)11-16(18-8-2)17-13(4)9-12(3)10-14(17)5/h9-10,15-16,18H,7-8,11H2,1-6H3. The van der Waals surface area contributed by atoms with Crippen molar-refractivity contribution in [3.63, 3.8) is 0 Å². The van der Waals surface area contributed by atoms with E-state index in [-0.39, 0.29) is 17.0 Å². The summed E-state index contributed by atoms with van der Waals surface area (Å²) in [5.41, 5.74) is 4.68. The van der Waals surface area contributed by atoms with Crippen molar-refractivity contribution in [1.82, 2.24) is 5.32 Å². The fourth-order valence-corrected chi connectivity index (χ4v) is 4.47. The highest BCUT2D eigenvalue weighted by Gasteiger charge is 2.26. The molecule has 2 atom stereocenters. The second-order valence-corrected chi connectivity index (χ2v) is 8.43. The molecule has 21 heavy (non-hydrogen) atoms. The molecule has 1 aromatic rings. The lowest BCUT2D eigenvalue weighted by Gasteiger charge is -2.24. The number of aryl methyl sites for hydroxylation is 3. The fraction of sp³-hybridized carbons (Fsp3) is 0.647. The van der Waals surface area contributed by atoms with Crippen LogP contribution in [0.4, 0.5) is 0 Å². The number of hydrogen-bond donors (Lipinski definition) is 1. The van der Waals surface area contributed by atoms with Crippen molar-refractivity contribution in [3.05, 3.63) is 34.4 Å². The van der Waals surface area contributed by atoms with Gasteiger partial charge in [-0.1, -0.05) is 31.5 Å². The second kappa shape index (κ2) is 7.41. The highest BCUT2D eigenvalue weighted by atomic mass is 32.2. The minimum atomic E-state index is -3.09. The molecule has 0 saturated carbocycles. The topological polar surface area (TPSA) is 46.2 Å². The molecule has 120 valence electrons. The summed E-state index contributed by atoms with van der Waals surface area (Å²) >= 11 is 0. The molecule has 0 saturated heterocycles. The molecule has 0 aliphatic heterocycles. The summed E-state index contributed by atoms with van der Waals surface area (Å²) in [6.07, 6.45) is 0.660. The lowest BCUT2D eigenvalue weighted by atomic mass is 9.95. The summed E-state index contributed by atoms with van der Waals surface area (Å²) in [5.74, 6) is 0.167. The molecule has 0 aliphatic carbocycles. The third kappa shape index (κ3) is 4.55. The van der Waals surface area contributed by atoms with Crippen LogP contribution in [0.15, 0.2) is 12.1 Å². The first kappa shape index (κ1) is 18.2. The third-order valence-electron chi connectivity index (χ3n) is 4.12. The van der Waals surface area contributed by atoms with E-state index in [0.717, 1.165) is 23.2 Å². The van der Waals surface area contributed by atoms with E-state index in [1.807, 2.05) is 13.8 Å². The molecule has 4 heteroatoms. The van der Waals surface area contributed by atoms with Crippen LogP contribution in [0.2, 0.25) is 0 Å². The van der Waals surface area contributed by atoms with Crippen molar-refractivity contribution in [3.8, 4) is 0 Å². The minimum Gasteiger partial charge on any atom is -0.309 e. The number of hydrogen-bond acceptors (Lipinski definition) is 3. The van der Waals surface area contributed by atoms with E-state index < -0.39 is 9.84 Å². The Bertz CT molecular complexity index is 555. The van der Waals surface area contributed by atoms with E-state index in [9.17, 15) is 8.42 Å². The molecule has 3 nitrogen and oxygen atoms in total.